The zero-order valence-electron chi connectivity index (χ0n) is 9.86. The Morgan fingerprint density at radius 2 is 2.25 bits per heavy atom. The van der Waals surface area contributed by atoms with Crippen molar-refractivity contribution in [3.05, 3.63) is 23.4 Å². The first-order valence-corrected chi connectivity index (χ1v) is 6.19. The Kier molecular flexibility index (Phi) is 3.66. The first-order valence-electron chi connectivity index (χ1n) is 5.81. The van der Waals surface area contributed by atoms with Gasteiger partial charge in [0, 0.05) is 31.9 Å². The molecule has 1 aromatic rings. The summed E-state index contributed by atoms with van der Waals surface area (Å²) in [5, 5.41) is 0.698. The minimum atomic E-state index is 0.594. The quantitative estimate of drug-likeness (QED) is 0.789. The van der Waals surface area contributed by atoms with E-state index in [0.29, 0.717) is 11.1 Å². The van der Waals surface area contributed by atoms with Crippen molar-refractivity contribution < 1.29 is 0 Å². The van der Waals surface area contributed by atoms with E-state index >= 15 is 0 Å². The van der Waals surface area contributed by atoms with Crippen molar-refractivity contribution in [3.8, 4) is 0 Å². The standard InChI is InChI=1S/C12H18ClN3/c1-3-15-6-7-16(9-10(15)2)12-5-4-11(13)8-14-12/h4-5,8,10H,3,6-7,9H2,1-2H3. The van der Waals surface area contributed by atoms with E-state index < -0.39 is 0 Å². The van der Waals surface area contributed by atoms with Gasteiger partial charge in [-0.25, -0.2) is 4.98 Å². The molecule has 2 heterocycles. The van der Waals surface area contributed by atoms with E-state index in [-0.39, 0.29) is 0 Å². The third kappa shape index (κ3) is 2.47. The Bertz CT molecular complexity index is 339. The number of pyridine rings is 1. The first kappa shape index (κ1) is 11.7. The monoisotopic (exact) mass is 239 g/mol. The van der Waals surface area contributed by atoms with Gasteiger partial charge in [0.2, 0.25) is 0 Å². The summed E-state index contributed by atoms with van der Waals surface area (Å²) in [5.41, 5.74) is 0. The van der Waals surface area contributed by atoms with Gasteiger partial charge in [0.1, 0.15) is 5.82 Å². The zero-order valence-corrected chi connectivity index (χ0v) is 10.6. The molecule has 1 atom stereocenters. The van der Waals surface area contributed by atoms with Crippen LogP contribution in [0.25, 0.3) is 0 Å². The van der Waals surface area contributed by atoms with Crippen LogP contribution in [-0.2, 0) is 0 Å². The molecule has 0 aromatic carbocycles. The fourth-order valence-corrected chi connectivity index (χ4v) is 2.34. The molecule has 2 rings (SSSR count). The number of nitrogens with zero attached hydrogens (tertiary/aromatic N) is 3. The van der Waals surface area contributed by atoms with Gasteiger partial charge in [0.05, 0.1) is 5.02 Å². The van der Waals surface area contributed by atoms with Crippen LogP contribution in [0.3, 0.4) is 0 Å². The van der Waals surface area contributed by atoms with Crippen molar-refractivity contribution >= 4 is 17.4 Å². The second-order valence-electron chi connectivity index (χ2n) is 4.26. The fourth-order valence-electron chi connectivity index (χ4n) is 2.23. The summed E-state index contributed by atoms with van der Waals surface area (Å²) < 4.78 is 0. The van der Waals surface area contributed by atoms with E-state index in [2.05, 4.69) is 28.6 Å². The summed E-state index contributed by atoms with van der Waals surface area (Å²) in [5.74, 6) is 1.03. The molecular formula is C12H18ClN3. The maximum absolute atomic E-state index is 5.84. The van der Waals surface area contributed by atoms with Crippen LogP contribution >= 0.6 is 11.6 Å². The van der Waals surface area contributed by atoms with Crippen LogP contribution < -0.4 is 4.90 Å². The molecule has 1 saturated heterocycles. The zero-order chi connectivity index (χ0) is 11.5. The normalized spacial score (nSPS) is 22.4. The maximum Gasteiger partial charge on any atom is 0.128 e. The molecule has 88 valence electrons. The lowest BCUT2D eigenvalue weighted by Gasteiger charge is -2.39. The van der Waals surface area contributed by atoms with Gasteiger partial charge in [-0.2, -0.15) is 0 Å². The van der Waals surface area contributed by atoms with Crippen molar-refractivity contribution in [2.24, 2.45) is 0 Å². The number of rotatable bonds is 2. The molecular weight excluding hydrogens is 222 g/mol. The topological polar surface area (TPSA) is 19.4 Å². The summed E-state index contributed by atoms with van der Waals surface area (Å²) in [6.07, 6.45) is 1.72. The second kappa shape index (κ2) is 5.02. The largest absolute Gasteiger partial charge is 0.354 e. The molecule has 0 radical (unpaired) electrons. The molecule has 4 heteroatoms. The molecule has 0 saturated carbocycles. The van der Waals surface area contributed by atoms with Gasteiger partial charge >= 0.3 is 0 Å². The Morgan fingerprint density at radius 1 is 1.44 bits per heavy atom. The van der Waals surface area contributed by atoms with E-state index in [1.54, 1.807) is 6.20 Å². The minimum absolute atomic E-state index is 0.594. The summed E-state index contributed by atoms with van der Waals surface area (Å²) in [7, 11) is 0. The highest BCUT2D eigenvalue weighted by Gasteiger charge is 2.22. The number of hydrogen-bond acceptors (Lipinski definition) is 3. The third-order valence-electron chi connectivity index (χ3n) is 3.21. The number of halogens is 1. The van der Waals surface area contributed by atoms with Crippen LogP contribution in [0.5, 0.6) is 0 Å². The molecule has 1 aliphatic rings. The Labute approximate surface area is 102 Å². The Morgan fingerprint density at radius 3 is 2.81 bits per heavy atom. The number of aromatic nitrogens is 1. The van der Waals surface area contributed by atoms with Crippen LogP contribution in [0, 0.1) is 0 Å². The minimum Gasteiger partial charge on any atom is -0.354 e. The molecule has 1 aromatic heterocycles. The van der Waals surface area contributed by atoms with Crippen LogP contribution in [-0.4, -0.2) is 42.1 Å². The molecule has 1 unspecified atom stereocenters. The lowest BCUT2D eigenvalue weighted by Crippen LogP contribution is -2.51. The Hall–Kier alpha value is -0.800. The third-order valence-corrected chi connectivity index (χ3v) is 3.43. The van der Waals surface area contributed by atoms with Crippen molar-refractivity contribution in [2.45, 2.75) is 19.9 Å². The lowest BCUT2D eigenvalue weighted by molar-refractivity contribution is 0.199. The molecule has 0 N–H and O–H groups in total. The van der Waals surface area contributed by atoms with E-state index in [1.807, 2.05) is 12.1 Å². The highest BCUT2D eigenvalue weighted by Crippen LogP contribution is 2.18. The molecule has 0 spiro atoms. The van der Waals surface area contributed by atoms with Crippen molar-refractivity contribution in [2.75, 3.05) is 31.1 Å². The summed E-state index contributed by atoms with van der Waals surface area (Å²) in [4.78, 5) is 9.18. The molecule has 3 nitrogen and oxygen atoms in total. The second-order valence-corrected chi connectivity index (χ2v) is 4.69. The van der Waals surface area contributed by atoms with Crippen LogP contribution in [0.4, 0.5) is 5.82 Å². The molecule has 0 bridgehead atoms. The number of piperazine rings is 1. The van der Waals surface area contributed by atoms with Gasteiger partial charge in [-0.1, -0.05) is 18.5 Å². The predicted octanol–water partition coefficient (Wildman–Crippen LogP) is 2.27. The smallest absolute Gasteiger partial charge is 0.128 e. The lowest BCUT2D eigenvalue weighted by atomic mass is 10.2. The van der Waals surface area contributed by atoms with Gasteiger partial charge < -0.3 is 4.90 Å². The van der Waals surface area contributed by atoms with Gasteiger partial charge in [-0.15, -0.1) is 0 Å². The van der Waals surface area contributed by atoms with E-state index in [0.717, 1.165) is 32.0 Å². The summed E-state index contributed by atoms with van der Waals surface area (Å²) in [6.45, 7) is 8.82. The average Bonchev–Trinajstić information content (AvgIpc) is 2.30. The molecule has 0 aliphatic carbocycles. The van der Waals surface area contributed by atoms with E-state index in [1.165, 1.54) is 0 Å². The fraction of sp³-hybridized carbons (Fsp3) is 0.583. The highest BCUT2D eigenvalue weighted by molar-refractivity contribution is 6.30. The van der Waals surface area contributed by atoms with Crippen LogP contribution in [0.15, 0.2) is 18.3 Å². The molecule has 1 aliphatic heterocycles. The van der Waals surface area contributed by atoms with Crippen LogP contribution in [0.1, 0.15) is 13.8 Å². The summed E-state index contributed by atoms with van der Waals surface area (Å²) >= 11 is 5.84. The van der Waals surface area contributed by atoms with Crippen molar-refractivity contribution in [3.63, 3.8) is 0 Å². The maximum atomic E-state index is 5.84. The van der Waals surface area contributed by atoms with Crippen molar-refractivity contribution in [1.82, 2.24) is 9.88 Å². The highest BCUT2D eigenvalue weighted by atomic mass is 35.5. The van der Waals surface area contributed by atoms with Crippen molar-refractivity contribution in [1.29, 1.82) is 0 Å². The van der Waals surface area contributed by atoms with E-state index in [4.69, 9.17) is 11.6 Å². The van der Waals surface area contributed by atoms with E-state index in [9.17, 15) is 0 Å². The molecule has 16 heavy (non-hydrogen) atoms. The van der Waals surface area contributed by atoms with Gasteiger partial charge in [-0.3, -0.25) is 4.90 Å². The molecule has 1 fully saturated rings. The van der Waals surface area contributed by atoms with Crippen LogP contribution in [0.2, 0.25) is 5.02 Å². The predicted molar refractivity (Wildman–Crippen MR) is 68.2 cm³/mol. The van der Waals surface area contributed by atoms with Gasteiger partial charge in [-0.05, 0) is 25.6 Å². The first-order chi connectivity index (χ1) is 7.70. The Balaban J connectivity index is 2.04. The SMILES string of the molecule is CCN1CCN(c2ccc(Cl)cn2)CC1C. The molecule has 0 amide bonds. The summed E-state index contributed by atoms with van der Waals surface area (Å²) in [6, 6.07) is 4.49. The van der Waals surface area contributed by atoms with Gasteiger partial charge in [0.15, 0.2) is 0 Å². The van der Waals surface area contributed by atoms with Gasteiger partial charge in [0.25, 0.3) is 0 Å². The average molecular weight is 240 g/mol. The number of anilines is 1. The number of hydrogen-bond donors (Lipinski definition) is 0. The number of likely N-dealkylation sites (N-methyl/N-ethyl adjacent to an activating group) is 1.